The van der Waals surface area contributed by atoms with E-state index >= 15 is 0 Å². The lowest BCUT2D eigenvalue weighted by Gasteiger charge is -2.33. The lowest BCUT2D eigenvalue weighted by atomic mass is 10.0. The van der Waals surface area contributed by atoms with E-state index in [1.54, 1.807) is 23.4 Å². The van der Waals surface area contributed by atoms with Crippen LogP contribution in [0, 0.1) is 0 Å². The highest BCUT2D eigenvalue weighted by Gasteiger charge is 2.33. The zero-order valence-electron chi connectivity index (χ0n) is 13.8. The van der Waals surface area contributed by atoms with Crippen molar-refractivity contribution in [1.29, 1.82) is 0 Å². The topological polar surface area (TPSA) is 75.0 Å². The number of hydrogen-bond donors (Lipinski definition) is 1. The molecule has 8 heteroatoms. The summed E-state index contributed by atoms with van der Waals surface area (Å²) in [5, 5.41) is 9.66. The van der Waals surface area contributed by atoms with Crippen LogP contribution in [0.5, 0.6) is 0 Å². The van der Waals surface area contributed by atoms with E-state index < -0.39 is 0 Å². The standard InChI is InChI=1S/C16H20N8/c1-12-13(23-8-6-19-21-23)10-20-24(12)15-9-14(17-11-18-15)22-7-4-5-16(22,2)3/h6,8-11,20H,1,4-5,7H2,2-3H3. The Bertz CT molecular complexity index is 792. The van der Waals surface area contributed by atoms with Gasteiger partial charge in [0, 0.05) is 24.4 Å². The molecule has 8 nitrogen and oxygen atoms in total. The van der Waals surface area contributed by atoms with Crippen molar-refractivity contribution in [2.24, 2.45) is 0 Å². The monoisotopic (exact) mass is 324 g/mol. The molecular formula is C16H20N8. The smallest absolute Gasteiger partial charge is 0.157 e. The first-order valence-corrected chi connectivity index (χ1v) is 7.98. The Morgan fingerprint density at radius 3 is 2.79 bits per heavy atom. The fourth-order valence-corrected chi connectivity index (χ4v) is 3.28. The van der Waals surface area contributed by atoms with Crippen LogP contribution in [0.2, 0.25) is 0 Å². The van der Waals surface area contributed by atoms with E-state index in [0.717, 1.165) is 29.6 Å². The van der Waals surface area contributed by atoms with Gasteiger partial charge in [0.2, 0.25) is 0 Å². The second kappa shape index (κ2) is 5.33. The minimum atomic E-state index is 0.116. The minimum absolute atomic E-state index is 0.116. The fraction of sp³-hybridized carbons (Fsp3) is 0.375. The Morgan fingerprint density at radius 1 is 1.25 bits per heavy atom. The molecule has 0 aliphatic carbocycles. The molecule has 0 amide bonds. The minimum Gasteiger partial charge on any atom is -0.351 e. The van der Waals surface area contributed by atoms with Gasteiger partial charge in [0.15, 0.2) is 5.82 Å². The van der Waals surface area contributed by atoms with Crippen molar-refractivity contribution in [3.63, 3.8) is 0 Å². The molecule has 124 valence electrons. The number of nitrogens with zero attached hydrogens (tertiary/aromatic N) is 7. The summed E-state index contributed by atoms with van der Waals surface area (Å²) in [5.41, 5.74) is 4.87. The van der Waals surface area contributed by atoms with Gasteiger partial charge < -0.3 is 4.90 Å². The quantitative estimate of drug-likeness (QED) is 0.922. The summed E-state index contributed by atoms with van der Waals surface area (Å²) < 4.78 is 1.67. The summed E-state index contributed by atoms with van der Waals surface area (Å²) in [5.74, 6) is 1.69. The van der Waals surface area contributed by atoms with E-state index in [1.165, 1.54) is 12.8 Å². The maximum atomic E-state index is 4.47. The molecule has 0 saturated carbocycles. The maximum absolute atomic E-state index is 4.47. The number of allylic oxidation sites excluding steroid dienone is 1. The molecule has 0 radical (unpaired) electrons. The van der Waals surface area contributed by atoms with E-state index in [4.69, 9.17) is 0 Å². The number of nitrogens with one attached hydrogen (secondary N) is 1. The Morgan fingerprint density at radius 2 is 2.08 bits per heavy atom. The number of aromatic nitrogens is 5. The average Bonchev–Trinajstić information content (AvgIpc) is 3.27. The van der Waals surface area contributed by atoms with Gasteiger partial charge in [-0.05, 0) is 26.7 Å². The van der Waals surface area contributed by atoms with Crippen molar-refractivity contribution in [2.45, 2.75) is 32.2 Å². The Balaban J connectivity index is 1.60. The van der Waals surface area contributed by atoms with Crippen molar-refractivity contribution in [1.82, 2.24) is 30.4 Å². The van der Waals surface area contributed by atoms with E-state index in [2.05, 4.69) is 51.0 Å². The van der Waals surface area contributed by atoms with Gasteiger partial charge in [0.1, 0.15) is 17.8 Å². The molecule has 0 spiro atoms. The highest BCUT2D eigenvalue weighted by molar-refractivity contribution is 5.74. The Labute approximate surface area is 140 Å². The summed E-state index contributed by atoms with van der Waals surface area (Å²) in [6.45, 7) is 9.65. The lowest BCUT2D eigenvalue weighted by Crippen LogP contribution is -2.39. The summed E-state index contributed by atoms with van der Waals surface area (Å²) in [7, 11) is 0. The summed E-state index contributed by atoms with van der Waals surface area (Å²) in [6, 6.07) is 1.99. The first-order valence-electron chi connectivity index (χ1n) is 7.98. The third kappa shape index (κ3) is 2.31. The third-order valence-electron chi connectivity index (χ3n) is 4.61. The molecule has 24 heavy (non-hydrogen) atoms. The second-order valence-electron chi connectivity index (χ2n) is 6.59. The highest BCUT2D eigenvalue weighted by atomic mass is 15.6. The van der Waals surface area contributed by atoms with Crippen LogP contribution in [0.3, 0.4) is 0 Å². The van der Waals surface area contributed by atoms with Crippen LogP contribution < -0.4 is 15.3 Å². The van der Waals surface area contributed by atoms with Crippen molar-refractivity contribution in [3.8, 4) is 0 Å². The molecule has 0 atom stereocenters. The third-order valence-corrected chi connectivity index (χ3v) is 4.61. The van der Waals surface area contributed by atoms with Crippen LogP contribution in [0.25, 0.3) is 5.70 Å². The molecule has 2 aromatic heterocycles. The molecular weight excluding hydrogens is 304 g/mol. The average molecular weight is 324 g/mol. The number of hydrazine groups is 1. The molecule has 2 aliphatic rings. The van der Waals surface area contributed by atoms with Crippen LogP contribution in [-0.2, 0) is 0 Å². The van der Waals surface area contributed by atoms with E-state index in [-0.39, 0.29) is 5.54 Å². The zero-order chi connectivity index (χ0) is 16.7. The van der Waals surface area contributed by atoms with Gasteiger partial charge in [0.05, 0.1) is 18.1 Å². The predicted molar refractivity (Wildman–Crippen MR) is 91.7 cm³/mol. The summed E-state index contributed by atoms with van der Waals surface area (Å²) in [4.78, 5) is 11.2. The van der Waals surface area contributed by atoms with Crippen LogP contribution in [0.1, 0.15) is 26.7 Å². The van der Waals surface area contributed by atoms with E-state index in [1.807, 2.05) is 17.3 Å². The van der Waals surface area contributed by atoms with Gasteiger partial charge in [-0.1, -0.05) is 11.8 Å². The fourth-order valence-electron chi connectivity index (χ4n) is 3.28. The summed E-state index contributed by atoms with van der Waals surface area (Å²) in [6.07, 6.45) is 9.19. The molecule has 0 bridgehead atoms. The molecule has 2 aliphatic heterocycles. The molecule has 1 fully saturated rings. The Hall–Kier alpha value is -2.90. The van der Waals surface area contributed by atoms with Gasteiger partial charge in [0.25, 0.3) is 0 Å². The van der Waals surface area contributed by atoms with Crippen LogP contribution >= 0.6 is 0 Å². The highest BCUT2D eigenvalue weighted by Crippen LogP contribution is 2.34. The van der Waals surface area contributed by atoms with E-state index in [0.29, 0.717) is 0 Å². The van der Waals surface area contributed by atoms with Gasteiger partial charge in [-0.2, -0.15) is 0 Å². The predicted octanol–water partition coefficient (Wildman–Crippen LogP) is 1.78. The van der Waals surface area contributed by atoms with Gasteiger partial charge in [-0.15, -0.1) is 5.10 Å². The SMILES string of the molecule is C=C1C(n2ccnn2)=CNN1c1cc(N2CCCC2(C)C)ncn1. The Kier molecular flexibility index (Phi) is 3.26. The van der Waals surface area contributed by atoms with Crippen molar-refractivity contribution in [2.75, 3.05) is 16.5 Å². The van der Waals surface area contributed by atoms with E-state index in [9.17, 15) is 0 Å². The van der Waals surface area contributed by atoms with Crippen LogP contribution in [0.4, 0.5) is 11.6 Å². The normalized spacial score (nSPS) is 19.6. The molecule has 1 N–H and O–H groups in total. The van der Waals surface area contributed by atoms with Crippen LogP contribution in [-0.4, -0.2) is 37.0 Å². The molecule has 2 aromatic rings. The molecule has 1 saturated heterocycles. The van der Waals surface area contributed by atoms with Crippen molar-refractivity contribution >= 4 is 17.3 Å². The van der Waals surface area contributed by atoms with Crippen molar-refractivity contribution in [3.05, 3.63) is 43.3 Å². The second-order valence-corrected chi connectivity index (χ2v) is 6.59. The summed E-state index contributed by atoms with van der Waals surface area (Å²) >= 11 is 0. The molecule has 4 heterocycles. The van der Waals surface area contributed by atoms with Gasteiger partial charge in [-0.25, -0.2) is 19.7 Å². The lowest BCUT2D eigenvalue weighted by molar-refractivity contribution is 0.514. The number of rotatable bonds is 3. The van der Waals surface area contributed by atoms with Gasteiger partial charge in [-0.3, -0.25) is 5.43 Å². The largest absolute Gasteiger partial charge is 0.351 e. The first-order chi connectivity index (χ1) is 11.6. The van der Waals surface area contributed by atoms with Gasteiger partial charge >= 0.3 is 0 Å². The first kappa shape index (κ1) is 14.7. The molecule has 4 rings (SSSR count). The number of hydrogen-bond acceptors (Lipinski definition) is 7. The zero-order valence-corrected chi connectivity index (χ0v) is 13.8. The maximum Gasteiger partial charge on any atom is 0.157 e. The molecule has 0 aromatic carbocycles. The molecule has 0 unspecified atom stereocenters. The number of anilines is 2. The van der Waals surface area contributed by atoms with Crippen molar-refractivity contribution < 1.29 is 0 Å². The van der Waals surface area contributed by atoms with Crippen LogP contribution in [0.15, 0.2) is 43.3 Å².